The molecule has 0 radical (unpaired) electrons. The third-order valence-corrected chi connectivity index (χ3v) is 2.69. The zero-order valence-electron chi connectivity index (χ0n) is 7.60. The molecule has 0 aliphatic heterocycles. The molecule has 0 spiro atoms. The Labute approximate surface area is 82.3 Å². The van der Waals surface area contributed by atoms with Gasteiger partial charge in [0, 0.05) is 21.9 Å². The van der Waals surface area contributed by atoms with Gasteiger partial charge in [-0.2, -0.15) is 0 Å². The summed E-state index contributed by atoms with van der Waals surface area (Å²) < 4.78 is 22.6. The predicted molar refractivity (Wildman–Crippen MR) is 51.8 cm³/mol. The maximum atomic E-state index is 9.75. The van der Waals surface area contributed by atoms with Crippen LogP contribution in [0.1, 0.15) is 6.92 Å². The zero-order valence-corrected chi connectivity index (χ0v) is 9.42. The lowest BCUT2D eigenvalue weighted by atomic mass is 11.0. The lowest BCUT2D eigenvalue weighted by Gasteiger charge is -1.97. The van der Waals surface area contributed by atoms with Gasteiger partial charge in [-0.3, -0.25) is 4.57 Å². The molecule has 0 N–H and O–H groups in total. The van der Waals surface area contributed by atoms with Crippen molar-refractivity contribution in [3.05, 3.63) is 0 Å². The van der Waals surface area contributed by atoms with E-state index in [0.717, 1.165) is 0 Å². The Morgan fingerprint density at radius 1 is 1.21 bits per heavy atom. The first-order valence-corrected chi connectivity index (χ1v) is 6.38. The fourth-order valence-corrected chi connectivity index (χ4v) is 0.627. The van der Waals surface area contributed by atoms with Gasteiger partial charge < -0.3 is 0 Å². The molecule has 2 atom stereocenters. The van der Waals surface area contributed by atoms with Crippen LogP contribution in [0.2, 0.25) is 0 Å². The molecule has 2 unspecified atom stereocenters. The molecule has 0 fully saturated rings. The molecule has 0 aliphatic carbocycles. The highest BCUT2D eigenvalue weighted by Crippen LogP contribution is 2.27. The van der Waals surface area contributed by atoms with E-state index in [4.69, 9.17) is 0 Å². The second-order valence-electron chi connectivity index (χ2n) is 2.00. The first-order chi connectivity index (χ1) is 6.62. The van der Waals surface area contributed by atoms with Crippen molar-refractivity contribution in [2.24, 2.45) is 35.5 Å². The van der Waals surface area contributed by atoms with Crippen molar-refractivity contribution in [2.45, 2.75) is 6.92 Å². The molecule has 78 valence electrons. The Balaban J connectivity index is 4.08. The zero-order chi connectivity index (χ0) is 10.9. The quantitative estimate of drug-likeness (QED) is 0.423. The van der Waals surface area contributed by atoms with E-state index in [2.05, 4.69) is 35.5 Å². The minimum Gasteiger partial charge on any atom is -0.263 e. The van der Waals surface area contributed by atoms with Gasteiger partial charge >= 0.3 is 0 Å². The Morgan fingerprint density at radius 2 is 1.79 bits per heavy atom. The van der Waals surface area contributed by atoms with Crippen molar-refractivity contribution in [3.8, 4) is 0 Å². The van der Waals surface area contributed by atoms with Crippen molar-refractivity contribution in [3.63, 3.8) is 0 Å². The molecular formula is C3H9N8OPS. The molecule has 9 nitrogen and oxygen atoms in total. The highest BCUT2D eigenvalue weighted by atomic mass is 32.2. The smallest absolute Gasteiger partial charge is 0.203 e. The maximum Gasteiger partial charge on any atom is 0.203 e. The minimum absolute atomic E-state index is 0.486. The molecule has 0 rings (SSSR count). The average molecular weight is 236 g/mol. The van der Waals surface area contributed by atoms with E-state index in [9.17, 15) is 9.17 Å². The first-order valence-electron chi connectivity index (χ1n) is 3.40. The second kappa shape index (κ2) is 7.19. The highest BCUT2D eigenvalue weighted by molar-refractivity contribution is 8.19. The van der Waals surface area contributed by atoms with Crippen molar-refractivity contribution in [2.75, 3.05) is 12.0 Å². The largest absolute Gasteiger partial charge is 0.263 e. The van der Waals surface area contributed by atoms with Crippen LogP contribution in [-0.2, 0) is 4.57 Å². The third-order valence-electron chi connectivity index (χ3n) is 1.00. The number of hydrogen-bond acceptors (Lipinski definition) is 3. The third kappa shape index (κ3) is 7.41. The lowest BCUT2D eigenvalue weighted by molar-refractivity contribution is 0.601. The van der Waals surface area contributed by atoms with E-state index in [1.54, 1.807) is 13.2 Å². The molecule has 14 heavy (non-hydrogen) atoms. The van der Waals surface area contributed by atoms with Crippen molar-refractivity contribution in [1.82, 2.24) is 0 Å². The lowest BCUT2D eigenvalue weighted by Crippen LogP contribution is -1.77. The summed E-state index contributed by atoms with van der Waals surface area (Å²) in [6.07, 6.45) is 1.56. The Bertz CT molecular complexity index is 396. The molecule has 0 saturated heterocycles. The van der Waals surface area contributed by atoms with Crippen molar-refractivity contribution < 1.29 is 4.57 Å². The molecular weight excluding hydrogens is 227 g/mol. The van der Waals surface area contributed by atoms with E-state index in [1.165, 1.54) is 0 Å². The minimum atomic E-state index is -2.06. The van der Waals surface area contributed by atoms with Gasteiger partial charge in [0.15, 0.2) is 0 Å². The van der Waals surface area contributed by atoms with E-state index in [1.807, 2.05) is 0 Å². The molecule has 0 heterocycles. The fraction of sp³-hybridized carbons (Fsp3) is 1.00. The van der Waals surface area contributed by atoms with Gasteiger partial charge in [-0.15, -0.1) is 0 Å². The van der Waals surface area contributed by atoms with Crippen LogP contribution in [0.3, 0.4) is 0 Å². The van der Waals surface area contributed by atoms with Gasteiger partial charge in [-0.25, -0.2) is 4.61 Å². The van der Waals surface area contributed by atoms with Crippen LogP contribution < -0.4 is 0 Å². The summed E-state index contributed by atoms with van der Waals surface area (Å²) in [7, 11) is -2.97. The van der Waals surface area contributed by atoms with Crippen molar-refractivity contribution in [1.29, 1.82) is 4.61 Å². The van der Waals surface area contributed by atoms with Crippen molar-refractivity contribution >= 4 is 18.1 Å². The van der Waals surface area contributed by atoms with E-state index in [0.29, 0.717) is 5.75 Å². The number of hydrogen-bond donors (Lipinski definition) is 0. The molecule has 0 aromatic rings. The monoisotopic (exact) mass is 236 g/mol. The average Bonchev–Trinajstić information content (AvgIpc) is 2.16. The van der Waals surface area contributed by atoms with Gasteiger partial charge in [0.25, 0.3) is 0 Å². The number of nitrogens with zero attached hydrogens (tertiary/aromatic N) is 8. The Hall–Kier alpha value is -1.24. The van der Waals surface area contributed by atoms with Crippen LogP contribution in [0.4, 0.5) is 0 Å². The van der Waals surface area contributed by atoms with E-state index in [-0.39, 0.29) is 0 Å². The molecule has 0 saturated carbocycles. The normalized spacial score (nSPS) is 16.9. The van der Waals surface area contributed by atoms with Crippen LogP contribution >= 0.6 is 18.1 Å². The molecule has 11 heteroatoms. The predicted octanol–water partition coefficient (Wildman–Crippen LogP) is 3.14. The van der Waals surface area contributed by atoms with E-state index < -0.39 is 18.1 Å². The summed E-state index contributed by atoms with van der Waals surface area (Å²) >= 11 is 0. The molecule has 0 aromatic heterocycles. The first kappa shape index (κ1) is 12.8. The SMILES string of the molecule is CCS(C)(#N)N=NN=NN=NN=[PH]=O. The number of rotatable bonds is 3. The summed E-state index contributed by atoms with van der Waals surface area (Å²) in [5.41, 5.74) is 0. The fourth-order valence-electron chi connectivity index (χ4n) is 0.245. The van der Waals surface area contributed by atoms with Crippen LogP contribution in [0.25, 0.3) is 0 Å². The van der Waals surface area contributed by atoms with Crippen LogP contribution in [-0.4, -0.2) is 12.0 Å². The van der Waals surface area contributed by atoms with Gasteiger partial charge in [-0.1, -0.05) is 16.3 Å². The maximum absolute atomic E-state index is 9.75. The summed E-state index contributed by atoms with van der Waals surface area (Å²) in [5.74, 6) is 0.486. The summed E-state index contributed by atoms with van der Waals surface area (Å²) in [4.78, 5) is 2.99. The summed E-state index contributed by atoms with van der Waals surface area (Å²) in [6.45, 7) is 1.78. The van der Waals surface area contributed by atoms with Gasteiger partial charge in [-0.05, 0) is 26.1 Å². The van der Waals surface area contributed by atoms with Crippen LogP contribution in [0.5, 0.6) is 0 Å². The molecule has 0 aromatic carbocycles. The van der Waals surface area contributed by atoms with Crippen LogP contribution in [0, 0.1) is 4.61 Å². The van der Waals surface area contributed by atoms with Gasteiger partial charge in [0.1, 0.15) is 0 Å². The standard InChI is InChI=1S/C3H9N8OPS/c1-3-14(2,4)11-9-7-5-6-8-10-13-12/h13H,3H2,1-2H3. The molecule has 0 aliphatic rings. The Kier molecular flexibility index (Phi) is 6.55. The summed E-state index contributed by atoms with van der Waals surface area (Å²) in [6, 6.07) is 0. The van der Waals surface area contributed by atoms with Gasteiger partial charge in [0.05, 0.1) is 0 Å². The molecule has 0 bridgehead atoms. The van der Waals surface area contributed by atoms with Crippen LogP contribution in [0.15, 0.2) is 35.5 Å². The second-order valence-corrected chi connectivity index (χ2v) is 5.11. The van der Waals surface area contributed by atoms with Gasteiger partial charge in [0.2, 0.25) is 8.25 Å². The highest BCUT2D eigenvalue weighted by Gasteiger charge is 1.98. The topological polar surface area (TPSA) is 127 Å². The summed E-state index contributed by atoms with van der Waals surface area (Å²) in [5, 5.41) is 15.3. The Morgan fingerprint density at radius 3 is 2.36 bits per heavy atom. The molecule has 0 amide bonds. The van der Waals surface area contributed by atoms with E-state index >= 15 is 0 Å².